The van der Waals surface area contributed by atoms with Crippen LogP contribution in [-0.4, -0.2) is 58.6 Å². The standard InChI is InChI=1S/C14H24N4O2S2/c1-4-18(5-2)12(19)10(3)21-14-17-16-13(22-14)15-9-11-7-6-8-20-11/h10-11H,4-9H2,1-3H3,(H,15,16). The van der Waals surface area contributed by atoms with E-state index >= 15 is 0 Å². The molecule has 1 N–H and O–H groups in total. The van der Waals surface area contributed by atoms with Gasteiger partial charge in [-0.3, -0.25) is 4.79 Å². The number of aromatic nitrogens is 2. The largest absolute Gasteiger partial charge is 0.376 e. The first kappa shape index (κ1) is 17.5. The van der Waals surface area contributed by atoms with Gasteiger partial charge in [-0.25, -0.2) is 0 Å². The van der Waals surface area contributed by atoms with E-state index in [4.69, 9.17) is 4.74 Å². The van der Waals surface area contributed by atoms with E-state index in [1.54, 1.807) is 0 Å². The maximum absolute atomic E-state index is 12.2. The lowest BCUT2D eigenvalue weighted by Gasteiger charge is -2.21. The summed E-state index contributed by atoms with van der Waals surface area (Å²) in [4.78, 5) is 14.1. The number of nitrogens with zero attached hydrogens (tertiary/aromatic N) is 3. The summed E-state index contributed by atoms with van der Waals surface area (Å²) < 4.78 is 6.39. The Labute approximate surface area is 140 Å². The highest BCUT2D eigenvalue weighted by molar-refractivity contribution is 8.02. The van der Waals surface area contributed by atoms with E-state index in [2.05, 4.69) is 15.5 Å². The van der Waals surface area contributed by atoms with Crippen molar-refractivity contribution in [2.24, 2.45) is 0 Å². The van der Waals surface area contributed by atoms with E-state index in [-0.39, 0.29) is 17.3 Å². The van der Waals surface area contributed by atoms with E-state index in [1.807, 2.05) is 25.7 Å². The van der Waals surface area contributed by atoms with Crippen LogP contribution in [0.25, 0.3) is 0 Å². The minimum Gasteiger partial charge on any atom is -0.376 e. The maximum Gasteiger partial charge on any atom is 0.235 e. The minimum absolute atomic E-state index is 0.140. The van der Waals surface area contributed by atoms with E-state index < -0.39 is 0 Å². The summed E-state index contributed by atoms with van der Waals surface area (Å²) in [7, 11) is 0. The third-order valence-electron chi connectivity index (χ3n) is 3.61. The van der Waals surface area contributed by atoms with Gasteiger partial charge in [-0.1, -0.05) is 23.1 Å². The number of amides is 1. The van der Waals surface area contributed by atoms with Gasteiger partial charge in [0.05, 0.1) is 11.4 Å². The van der Waals surface area contributed by atoms with Gasteiger partial charge in [-0.15, -0.1) is 10.2 Å². The highest BCUT2D eigenvalue weighted by Crippen LogP contribution is 2.29. The van der Waals surface area contributed by atoms with Crippen LogP contribution < -0.4 is 5.32 Å². The van der Waals surface area contributed by atoms with Gasteiger partial charge in [0.15, 0.2) is 4.34 Å². The van der Waals surface area contributed by atoms with Crippen LogP contribution in [0.5, 0.6) is 0 Å². The van der Waals surface area contributed by atoms with Crippen molar-refractivity contribution in [2.45, 2.75) is 49.3 Å². The summed E-state index contributed by atoms with van der Waals surface area (Å²) >= 11 is 2.96. The predicted molar refractivity (Wildman–Crippen MR) is 90.6 cm³/mol. The molecule has 8 heteroatoms. The van der Waals surface area contributed by atoms with Crippen LogP contribution in [0.2, 0.25) is 0 Å². The maximum atomic E-state index is 12.2. The fraction of sp³-hybridized carbons (Fsp3) is 0.786. The number of rotatable bonds is 8. The van der Waals surface area contributed by atoms with Crippen molar-refractivity contribution in [2.75, 3.05) is 31.6 Å². The molecule has 22 heavy (non-hydrogen) atoms. The zero-order valence-corrected chi connectivity index (χ0v) is 15.0. The van der Waals surface area contributed by atoms with Gasteiger partial charge in [-0.05, 0) is 33.6 Å². The Balaban J connectivity index is 1.81. The van der Waals surface area contributed by atoms with Crippen LogP contribution in [0, 0.1) is 0 Å². The summed E-state index contributed by atoms with van der Waals surface area (Å²) in [6.45, 7) is 9.02. The van der Waals surface area contributed by atoms with Crippen molar-refractivity contribution in [3.63, 3.8) is 0 Å². The third kappa shape index (κ3) is 4.82. The molecule has 0 radical (unpaired) electrons. The van der Waals surface area contributed by atoms with Gasteiger partial charge in [-0.2, -0.15) is 0 Å². The second-order valence-corrected chi connectivity index (χ2v) is 7.73. The molecule has 0 aliphatic carbocycles. The van der Waals surface area contributed by atoms with Crippen LogP contribution >= 0.6 is 23.1 Å². The fourth-order valence-electron chi connectivity index (χ4n) is 2.33. The number of thioether (sulfide) groups is 1. The molecule has 2 heterocycles. The number of ether oxygens (including phenoxy) is 1. The molecule has 2 rings (SSSR count). The predicted octanol–water partition coefficient (Wildman–Crippen LogP) is 2.48. The fourth-order valence-corrected chi connectivity index (χ4v) is 4.32. The molecule has 0 spiro atoms. The summed E-state index contributed by atoms with van der Waals surface area (Å²) in [6, 6.07) is 0. The molecule has 1 saturated heterocycles. The van der Waals surface area contributed by atoms with Gasteiger partial charge in [0.2, 0.25) is 11.0 Å². The van der Waals surface area contributed by atoms with Crippen molar-refractivity contribution in [1.82, 2.24) is 15.1 Å². The number of hydrogen-bond donors (Lipinski definition) is 1. The average molecular weight is 345 g/mol. The zero-order chi connectivity index (χ0) is 15.9. The number of nitrogens with one attached hydrogen (secondary N) is 1. The first-order chi connectivity index (χ1) is 10.6. The molecule has 1 aliphatic heterocycles. The quantitative estimate of drug-likeness (QED) is 0.731. The Hall–Kier alpha value is -0.860. The van der Waals surface area contributed by atoms with Gasteiger partial charge in [0, 0.05) is 26.2 Å². The van der Waals surface area contributed by atoms with Crippen molar-refractivity contribution < 1.29 is 9.53 Å². The number of carbonyl (C=O) groups excluding carboxylic acids is 1. The van der Waals surface area contributed by atoms with Crippen LogP contribution in [-0.2, 0) is 9.53 Å². The molecule has 6 nitrogen and oxygen atoms in total. The topological polar surface area (TPSA) is 67.4 Å². The lowest BCUT2D eigenvalue weighted by atomic mass is 10.2. The van der Waals surface area contributed by atoms with E-state index in [0.717, 1.165) is 48.6 Å². The Morgan fingerprint density at radius 1 is 1.50 bits per heavy atom. The molecule has 124 valence electrons. The summed E-state index contributed by atoms with van der Waals surface area (Å²) in [6.07, 6.45) is 2.51. The van der Waals surface area contributed by atoms with Gasteiger partial charge < -0.3 is 15.0 Å². The molecule has 1 aliphatic rings. The molecule has 0 bridgehead atoms. The average Bonchev–Trinajstić information content (AvgIpc) is 3.17. The second-order valence-electron chi connectivity index (χ2n) is 5.16. The Kier molecular flexibility index (Phi) is 6.91. The normalized spacial score (nSPS) is 19.1. The molecule has 2 unspecified atom stereocenters. The van der Waals surface area contributed by atoms with Crippen LogP contribution in [0.3, 0.4) is 0 Å². The molecule has 0 saturated carbocycles. The van der Waals surface area contributed by atoms with Crippen LogP contribution in [0.1, 0.15) is 33.6 Å². The molecule has 0 aromatic carbocycles. The van der Waals surface area contributed by atoms with Crippen LogP contribution in [0.15, 0.2) is 4.34 Å². The van der Waals surface area contributed by atoms with Gasteiger partial charge >= 0.3 is 0 Å². The SMILES string of the molecule is CCN(CC)C(=O)C(C)Sc1nnc(NCC2CCCO2)s1. The van der Waals surface area contributed by atoms with Crippen LogP contribution in [0.4, 0.5) is 5.13 Å². The van der Waals surface area contributed by atoms with E-state index in [1.165, 1.54) is 23.1 Å². The highest BCUT2D eigenvalue weighted by Gasteiger charge is 2.21. The Morgan fingerprint density at radius 2 is 2.27 bits per heavy atom. The first-order valence-electron chi connectivity index (χ1n) is 7.78. The molecule has 1 amide bonds. The van der Waals surface area contributed by atoms with Crippen molar-refractivity contribution >= 4 is 34.1 Å². The van der Waals surface area contributed by atoms with Crippen molar-refractivity contribution in [3.05, 3.63) is 0 Å². The first-order valence-corrected chi connectivity index (χ1v) is 9.48. The summed E-state index contributed by atoms with van der Waals surface area (Å²) in [5.74, 6) is 0.152. The summed E-state index contributed by atoms with van der Waals surface area (Å²) in [5.41, 5.74) is 0. The molecule has 1 aromatic heterocycles. The Morgan fingerprint density at radius 3 is 2.91 bits per heavy atom. The molecular weight excluding hydrogens is 320 g/mol. The van der Waals surface area contributed by atoms with E-state index in [0.29, 0.717) is 0 Å². The Bertz CT molecular complexity index is 473. The third-order valence-corrected chi connectivity index (χ3v) is 5.66. The highest BCUT2D eigenvalue weighted by atomic mass is 32.2. The number of carbonyl (C=O) groups is 1. The van der Waals surface area contributed by atoms with Crippen molar-refractivity contribution in [3.8, 4) is 0 Å². The van der Waals surface area contributed by atoms with Crippen molar-refractivity contribution in [1.29, 1.82) is 0 Å². The zero-order valence-electron chi connectivity index (χ0n) is 13.4. The lowest BCUT2D eigenvalue weighted by Crippen LogP contribution is -2.36. The second kappa shape index (κ2) is 8.69. The summed E-state index contributed by atoms with van der Waals surface area (Å²) in [5, 5.41) is 12.2. The lowest BCUT2D eigenvalue weighted by molar-refractivity contribution is -0.129. The monoisotopic (exact) mass is 344 g/mol. The smallest absolute Gasteiger partial charge is 0.235 e. The molecular formula is C14H24N4O2S2. The van der Waals surface area contributed by atoms with Gasteiger partial charge in [0.25, 0.3) is 0 Å². The number of anilines is 1. The van der Waals surface area contributed by atoms with E-state index in [9.17, 15) is 4.79 Å². The molecule has 1 fully saturated rings. The minimum atomic E-state index is -0.140. The molecule has 2 atom stereocenters. The number of hydrogen-bond acceptors (Lipinski definition) is 7. The van der Waals surface area contributed by atoms with Gasteiger partial charge in [0.1, 0.15) is 0 Å². The molecule has 1 aromatic rings.